The topological polar surface area (TPSA) is 42.4 Å². The molecule has 0 atom stereocenters. The fourth-order valence-corrected chi connectivity index (χ4v) is 2.07. The van der Waals surface area contributed by atoms with Gasteiger partial charge in [0.1, 0.15) is 11.4 Å². The van der Waals surface area contributed by atoms with Crippen LogP contribution in [0.4, 0.5) is 4.39 Å². The van der Waals surface area contributed by atoms with Crippen molar-refractivity contribution in [3.8, 4) is 5.88 Å². The lowest BCUT2D eigenvalue weighted by Gasteiger charge is -2.21. The molecule has 5 heteroatoms. The van der Waals surface area contributed by atoms with Crippen molar-refractivity contribution in [2.75, 3.05) is 13.7 Å². The van der Waals surface area contributed by atoms with Crippen LogP contribution in [0.15, 0.2) is 42.6 Å². The van der Waals surface area contributed by atoms with Crippen molar-refractivity contribution in [3.63, 3.8) is 0 Å². The lowest BCUT2D eigenvalue weighted by atomic mass is 10.1. The zero-order valence-electron chi connectivity index (χ0n) is 12.0. The van der Waals surface area contributed by atoms with E-state index in [1.807, 2.05) is 6.92 Å². The van der Waals surface area contributed by atoms with E-state index in [4.69, 9.17) is 4.74 Å². The van der Waals surface area contributed by atoms with E-state index in [0.29, 0.717) is 24.5 Å². The summed E-state index contributed by atoms with van der Waals surface area (Å²) in [6.45, 7) is 2.72. The highest BCUT2D eigenvalue weighted by atomic mass is 19.1. The average molecular weight is 288 g/mol. The summed E-state index contributed by atoms with van der Waals surface area (Å²) in [5, 5.41) is 0. The third-order valence-corrected chi connectivity index (χ3v) is 3.13. The van der Waals surface area contributed by atoms with Crippen LogP contribution >= 0.6 is 0 Å². The summed E-state index contributed by atoms with van der Waals surface area (Å²) in [6.07, 6.45) is 1.57. The van der Waals surface area contributed by atoms with Crippen LogP contribution in [-0.4, -0.2) is 29.4 Å². The summed E-state index contributed by atoms with van der Waals surface area (Å²) >= 11 is 0. The van der Waals surface area contributed by atoms with Crippen molar-refractivity contribution < 1.29 is 13.9 Å². The Morgan fingerprint density at radius 2 is 2.14 bits per heavy atom. The predicted octanol–water partition coefficient (Wildman–Crippen LogP) is 2.89. The van der Waals surface area contributed by atoms with E-state index in [1.165, 1.54) is 19.2 Å². The van der Waals surface area contributed by atoms with Crippen LogP contribution in [0.5, 0.6) is 5.88 Å². The summed E-state index contributed by atoms with van der Waals surface area (Å²) in [5.41, 5.74) is 1.14. The Balaban J connectivity index is 2.22. The molecular formula is C16H17FN2O2. The first-order valence-corrected chi connectivity index (χ1v) is 6.68. The lowest BCUT2D eigenvalue weighted by molar-refractivity contribution is 0.0748. The normalized spacial score (nSPS) is 10.2. The number of ether oxygens (including phenoxy) is 1. The molecule has 0 N–H and O–H groups in total. The highest BCUT2D eigenvalue weighted by Crippen LogP contribution is 2.18. The molecule has 0 aliphatic heterocycles. The summed E-state index contributed by atoms with van der Waals surface area (Å²) in [5.74, 6) is -0.207. The van der Waals surface area contributed by atoms with Crippen molar-refractivity contribution in [2.24, 2.45) is 0 Å². The fraction of sp³-hybridized carbons (Fsp3) is 0.250. The van der Waals surface area contributed by atoms with Gasteiger partial charge < -0.3 is 9.64 Å². The van der Waals surface area contributed by atoms with Crippen LogP contribution in [0.3, 0.4) is 0 Å². The Bertz CT molecular complexity index is 631. The zero-order valence-corrected chi connectivity index (χ0v) is 12.0. The maximum Gasteiger partial charge on any atom is 0.259 e. The summed E-state index contributed by atoms with van der Waals surface area (Å²) < 4.78 is 18.3. The van der Waals surface area contributed by atoms with Crippen LogP contribution in [0, 0.1) is 5.82 Å². The quantitative estimate of drug-likeness (QED) is 0.849. The van der Waals surface area contributed by atoms with Gasteiger partial charge in [-0.25, -0.2) is 9.37 Å². The second-order valence-electron chi connectivity index (χ2n) is 4.51. The number of nitrogens with zero attached hydrogens (tertiary/aromatic N) is 2. The second kappa shape index (κ2) is 6.83. The molecule has 2 rings (SSSR count). The minimum atomic E-state index is -0.310. The van der Waals surface area contributed by atoms with Gasteiger partial charge in [0.25, 0.3) is 5.91 Å². The van der Waals surface area contributed by atoms with Gasteiger partial charge in [0.2, 0.25) is 5.88 Å². The molecular weight excluding hydrogens is 271 g/mol. The number of benzene rings is 1. The first kappa shape index (κ1) is 15.0. The second-order valence-corrected chi connectivity index (χ2v) is 4.51. The molecule has 0 fully saturated rings. The molecule has 0 saturated heterocycles. The molecule has 1 amide bonds. The SMILES string of the molecule is CCN(Cc1cccc(F)c1)C(=O)c1cccnc1OC. The van der Waals surface area contributed by atoms with Gasteiger partial charge in [-0.1, -0.05) is 12.1 Å². The number of hydrogen-bond acceptors (Lipinski definition) is 3. The monoisotopic (exact) mass is 288 g/mol. The molecule has 0 spiro atoms. The standard InChI is InChI=1S/C16H17FN2O2/c1-3-19(11-12-6-4-7-13(17)10-12)16(20)14-8-5-9-18-15(14)21-2/h4-10H,3,11H2,1-2H3. The number of hydrogen-bond donors (Lipinski definition) is 0. The molecule has 2 aromatic rings. The number of methoxy groups -OCH3 is 1. The third kappa shape index (κ3) is 3.56. The first-order chi connectivity index (χ1) is 10.2. The van der Waals surface area contributed by atoms with Gasteiger partial charge in [-0.3, -0.25) is 4.79 Å². The molecule has 0 bridgehead atoms. The Hall–Kier alpha value is -2.43. The molecule has 1 aromatic heterocycles. The van der Waals surface area contributed by atoms with Crippen molar-refractivity contribution in [2.45, 2.75) is 13.5 Å². The van der Waals surface area contributed by atoms with Gasteiger partial charge in [-0.15, -0.1) is 0 Å². The molecule has 1 heterocycles. The number of rotatable bonds is 5. The van der Waals surface area contributed by atoms with E-state index in [-0.39, 0.29) is 11.7 Å². The minimum absolute atomic E-state index is 0.188. The average Bonchev–Trinajstić information content (AvgIpc) is 2.52. The number of carbonyl (C=O) groups excluding carboxylic acids is 1. The van der Waals surface area contributed by atoms with Gasteiger partial charge in [0, 0.05) is 19.3 Å². The first-order valence-electron chi connectivity index (χ1n) is 6.68. The predicted molar refractivity (Wildman–Crippen MR) is 77.6 cm³/mol. The van der Waals surface area contributed by atoms with E-state index < -0.39 is 0 Å². The van der Waals surface area contributed by atoms with E-state index in [9.17, 15) is 9.18 Å². The Labute approximate surface area is 123 Å². The highest BCUT2D eigenvalue weighted by Gasteiger charge is 2.19. The number of amides is 1. The van der Waals surface area contributed by atoms with Crippen molar-refractivity contribution in [1.29, 1.82) is 0 Å². The van der Waals surface area contributed by atoms with Gasteiger partial charge in [0.15, 0.2) is 0 Å². The molecule has 0 saturated carbocycles. The zero-order chi connectivity index (χ0) is 15.2. The van der Waals surface area contributed by atoms with Crippen molar-refractivity contribution in [3.05, 3.63) is 59.5 Å². The Kier molecular flexibility index (Phi) is 4.87. The smallest absolute Gasteiger partial charge is 0.259 e. The van der Waals surface area contributed by atoms with Crippen molar-refractivity contribution in [1.82, 2.24) is 9.88 Å². The minimum Gasteiger partial charge on any atom is -0.480 e. The molecule has 0 unspecified atom stereocenters. The van der Waals surface area contributed by atoms with E-state index in [1.54, 1.807) is 35.4 Å². The molecule has 0 aliphatic carbocycles. The molecule has 110 valence electrons. The van der Waals surface area contributed by atoms with Crippen LogP contribution in [0.25, 0.3) is 0 Å². The highest BCUT2D eigenvalue weighted by molar-refractivity contribution is 5.96. The molecule has 1 aromatic carbocycles. The molecule has 0 aliphatic rings. The number of carbonyl (C=O) groups is 1. The van der Waals surface area contributed by atoms with E-state index in [0.717, 1.165) is 5.56 Å². The molecule has 21 heavy (non-hydrogen) atoms. The third-order valence-electron chi connectivity index (χ3n) is 3.13. The summed E-state index contributed by atoms with van der Waals surface area (Å²) in [7, 11) is 1.47. The van der Waals surface area contributed by atoms with Crippen molar-refractivity contribution >= 4 is 5.91 Å². The lowest BCUT2D eigenvalue weighted by Crippen LogP contribution is -2.30. The van der Waals surface area contributed by atoms with E-state index >= 15 is 0 Å². The van der Waals surface area contributed by atoms with Gasteiger partial charge in [-0.2, -0.15) is 0 Å². The van der Waals surface area contributed by atoms with Gasteiger partial charge in [0.05, 0.1) is 7.11 Å². The van der Waals surface area contributed by atoms with Crippen LogP contribution in [0.2, 0.25) is 0 Å². The van der Waals surface area contributed by atoms with Gasteiger partial charge in [-0.05, 0) is 36.8 Å². The number of aromatic nitrogens is 1. The van der Waals surface area contributed by atoms with Crippen LogP contribution in [0.1, 0.15) is 22.8 Å². The summed E-state index contributed by atoms with van der Waals surface area (Å²) in [4.78, 5) is 18.2. The maximum absolute atomic E-state index is 13.2. The molecule has 4 nitrogen and oxygen atoms in total. The number of halogens is 1. The van der Waals surface area contributed by atoms with Crippen LogP contribution < -0.4 is 4.74 Å². The largest absolute Gasteiger partial charge is 0.480 e. The Morgan fingerprint density at radius 3 is 2.81 bits per heavy atom. The number of pyridine rings is 1. The maximum atomic E-state index is 13.2. The fourth-order valence-electron chi connectivity index (χ4n) is 2.07. The van der Waals surface area contributed by atoms with E-state index in [2.05, 4.69) is 4.98 Å². The Morgan fingerprint density at radius 1 is 1.33 bits per heavy atom. The molecule has 0 radical (unpaired) electrons. The van der Waals surface area contributed by atoms with Gasteiger partial charge >= 0.3 is 0 Å². The summed E-state index contributed by atoms with van der Waals surface area (Å²) in [6, 6.07) is 9.59. The van der Waals surface area contributed by atoms with Crippen LogP contribution in [-0.2, 0) is 6.54 Å².